The zero-order valence-electron chi connectivity index (χ0n) is 9.51. The Morgan fingerprint density at radius 3 is 2.82 bits per heavy atom. The van der Waals surface area contributed by atoms with Crippen LogP contribution in [0, 0.1) is 0 Å². The van der Waals surface area contributed by atoms with Crippen LogP contribution in [-0.2, 0) is 18.4 Å². The summed E-state index contributed by atoms with van der Waals surface area (Å²) in [6, 6.07) is 1.83. The SMILES string of the molecule is COCc1nc(-c2ccnn2C)nc(N)c1Br. The van der Waals surface area contributed by atoms with Crippen molar-refractivity contribution in [3.8, 4) is 11.5 Å². The van der Waals surface area contributed by atoms with Crippen LogP contribution in [-0.4, -0.2) is 26.9 Å². The summed E-state index contributed by atoms with van der Waals surface area (Å²) in [5.74, 6) is 0.931. The van der Waals surface area contributed by atoms with Crippen molar-refractivity contribution in [2.75, 3.05) is 12.8 Å². The van der Waals surface area contributed by atoms with Crippen LogP contribution in [0.15, 0.2) is 16.7 Å². The third-order valence-electron chi connectivity index (χ3n) is 2.28. The lowest BCUT2D eigenvalue weighted by atomic mass is 10.3. The molecule has 0 radical (unpaired) electrons. The van der Waals surface area contributed by atoms with Crippen LogP contribution in [0.4, 0.5) is 5.82 Å². The number of anilines is 1. The van der Waals surface area contributed by atoms with Crippen molar-refractivity contribution in [3.05, 3.63) is 22.4 Å². The van der Waals surface area contributed by atoms with Gasteiger partial charge in [0.25, 0.3) is 0 Å². The Kier molecular flexibility index (Phi) is 3.39. The van der Waals surface area contributed by atoms with E-state index in [1.807, 2.05) is 13.1 Å². The average Bonchev–Trinajstić information content (AvgIpc) is 2.71. The van der Waals surface area contributed by atoms with Crippen molar-refractivity contribution in [2.24, 2.45) is 7.05 Å². The van der Waals surface area contributed by atoms with Crippen LogP contribution in [0.1, 0.15) is 5.69 Å². The molecule has 0 aliphatic heterocycles. The molecule has 0 spiro atoms. The van der Waals surface area contributed by atoms with Gasteiger partial charge in [0.05, 0.1) is 16.8 Å². The van der Waals surface area contributed by atoms with Gasteiger partial charge in [0.2, 0.25) is 0 Å². The molecule has 0 atom stereocenters. The average molecular weight is 298 g/mol. The highest BCUT2D eigenvalue weighted by atomic mass is 79.9. The molecule has 2 aromatic heterocycles. The van der Waals surface area contributed by atoms with Gasteiger partial charge in [-0.1, -0.05) is 0 Å². The van der Waals surface area contributed by atoms with Crippen molar-refractivity contribution in [1.82, 2.24) is 19.7 Å². The number of hydrogen-bond acceptors (Lipinski definition) is 5. The second-order valence-corrected chi connectivity index (χ2v) is 4.26. The maximum atomic E-state index is 5.82. The van der Waals surface area contributed by atoms with E-state index in [4.69, 9.17) is 10.5 Å². The van der Waals surface area contributed by atoms with Crippen molar-refractivity contribution in [2.45, 2.75) is 6.61 Å². The smallest absolute Gasteiger partial charge is 0.180 e. The van der Waals surface area contributed by atoms with Crippen LogP contribution >= 0.6 is 15.9 Å². The van der Waals surface area contributed by atoms with E-state index in [0.29, 0.717) is 22.7 Å². The van der Waals surface area contributed by atoms with Gasteiger partial charge in [-0.15, -0.1) is 0 Å². The Morgan fingerprint density at radius 1 is 1.47 bits per heavy atom. The predicted molar refractivity (Wildman–Crippen MR) is 67.1 cm³/mol. The minimum absolute atomic E-state index is 0.373. The minimum Gasteiger partial charge on any atom is -0.383 e. The third kappa shape index (κ3) is 2.29. The van der Waals surface area contributed by atoms with Gasteiger partial charge in [-0.2, -0.15) is 5.10 Å². The monoisotopic (exact) mass is 297 g/mol. The first-order chi connectivity index (χ1) is 8.13. The Hall–Kier alpha value is -1.47. The van der Waals surface area contributed by atoms with E-state index in [1.165, 1.54) is 0 Å². The molecule has 2 N–H and O–H groups in total. The summed E-state index contributed by atoms with van der Waals surface area (Å²) in [6.07, 6.45) is 1.69. The maximum Gasteiger partial charge on any atom is 0.180 e. The zero-order chi connectivity index (χ0) is 12.4. The van der Waals surface area contributed by atoms with Gasteiger partial charge in [0.1, 0.15) is 11.5 Å². The topological polar surface area (TPSA) is 78.9 Å². The van der Waals surface area contributed by atoms with Crippen LogP contribution < -0.4 is 5.73 Å². The van der Waals surface area contributed by atoms with Gasteiger partial charge in [0.15, 0.2) is 5.82 Å². The molecule has 0 amide bonds. The number of aromatic nitrogens is 4. The molecule has 0 unspecified atom stereocenters. The van der Waals surface area contributed by atoms with E-state index in [2.05, 4.69) is 31.0 Å². The molecular formula is C10H12BrN5O. The van der Waals surface area contributed by atoms with Gasteiger partial charge < -0.3 is 10.5 Å². The molecule has 2 heterocycles. The Morgan fingerprint density at radius 2 is 2.24 bits per heavy atom. The summed E-state index contributed by atoms with van der Waals surface area (Å²) in [5, 5.41) is 4.07. The number of nitrogens with zero attached hydrogens (tertiary/aromatic N) is 4. The molecule has 2 rings (SSSR count). The lowest BCUT2D eigenvalue weighted by Crippen LogP contribution is -2.05. The van der Waals surface area contributed by atoms with Gasteiger partial charge in [-0.05, 0) is 22.0 Å². The number of rotatable bonds is 3. The highest BCUT2D eigenvalue weighted by molar-refractivity contribution is 9.10. The quantitative estimate of drug-likeness (QED) is 0.925. The molecule has 0 aliphatic rings. The highest BCUT2D eigenvalue weighted by Crippen LogP contribution is 2.25. The predicted octanol–water partition coefficient (Wildman–Crippen LogP) is 1.37. The molecule has 90 valence electrons. The number of halogens is 1. The number of nitrogen functional groups attached to an aromatic ring is 1. The fourth-order valence-electron chi connectivity index (χ4n) is 1.45. The summed E-state index contributed by atoms with van der Waals surface area (Å²) in [4.78, 5) is 8.62. The molecule has 0 fully saturated rings. The summed E-state index contributed by atoms with van der Waals surface area (Å²) >= 11 is 3.34. The van der Waals surface area contributed by atoms with Gasteiger partial charge >= 0.3 is 0 Å². The maximum absolute atomic E-state index is 5.82. The molecule has 0 saturated carbocycles. The summed E-state index contributed by atoms with van der Waals surface area (Å²) in [7, 11) is 3.43. The van der Waals surface area contributed by atoms with Crippen LogP contribution in [0.25, 0.3) is 11.5 Å². The van der Waals surface area contributed by atoms with E-state index in [0.717, 1.165) is 11.4 Å². The first-order valence-corrected chi connectivity index (χ1v) is 5.72. The van der Waals surface area contributed by atoms with Gasteiger partial charge in [-0.25, -0.2) is 9.97 Å². The zero-order valence-corrected chi connectivity index (χ0v) is 11.1. The Labute approximate surface area is 107 Å². The molecule has 6 nitrogen and oxygen atoms in total. The van der Waals surface area contributed by atoms with Crippen molar-refractivity contribution in [3.63, 3.8) is 0 Å². The van der Waals surface area contributed by atoms with E-state index < -0.39 is 0 Å². The second-order valence-electron chi connectivity index (χ2n) is 3.47. The van der Waals surface area contributed by atoms with Crippen molar-refractivity contribution < 1.29 is 4.74 Å². The highest BCUT2D eigenvalue weighted by Gasteiger charge is 2.13. The van der Waals surface area contributed by atoms with E-state index >= 15 is 0 Å². The normalized spacial score (nSPS) is 10.8. The molecular weight excluding hydrogens is 286 g/mol. The lowest BCUT2D eigenvalue weighted by Gasteiger charge is -2.08. The number of ether oxygens (including phenoxy) is 1. The van der Waals surface area contributed by atoms with Crippen molar-refractivity contribution >= 4 is 21.7 Å². The summed E-state index contributed by atoms with van der Waals surface area (Å²) in [6.45, 7) is 0.373. The molecule has 17 heavy (non-hydrogen) atoms. The van der Waals surface area contributed by atoms with Crippen molar-refractivity contribution in [1.29, 1.82) is 0 Å². The second kappa shape index (κ2) is 4.80. The van der Waals surface area contributed by atoms with Gasteiger partial charge in [-0.3, -0.25) is 4.68 Å². The number of nitrogens with two attached hydrogens (primary N) is 1. The van der Waals surface area contributed by atoms with E-state index in [-0.39, 0.29) is 0 Å². The molecule has 0 bridgehead atoms. The van der Waals surface area contributed by atoms with Crippen LogP contribution in [0.2, 0.25) is 0 Å². The molecule has 0 aliphatic carbocycles. The van der Waals surface area contributed by atoms with Crippen LogP contribution in [0.5, 0.6) is 0 Å². The number of methoxy groups -OCH3 is 1. The molecule has 0 saturated heterocycles. The number of hydrogen-bond donors (Lipinski definition) is 1. The fourth-order valence-corrected chi connectivity index (χ4v) is 1.74. The Bertz CT molecular complexity index is 539. The molecule has 0 aromatic carbocycles. The fraction of sp³-hybridized carbons (Fsp3) is 0.300. The summed E-state index contributed by atoms with van der Waals surface area (Å²) in [5.41, 5.74) is 7.35. The number of aryl methyl sites for hydroxylation is 1. The first kappa shape index (κ1) is 12.0. The third-order valence-corrected chi connectivity index (χ3v) is 3.14. The van der Waals surface area contributed by atoms with Gasteiger partial charge in [0, 0.05) is 20.4 Å². The largest absolute Gasteiger partial charge is 0.383 e. The Balaban J connectivity index is 2.53. The minimum atomic E-state index is 0.373. The lowest BCUT2D eigenvalue weighted by molar-refractivity contribution is 0.181. The molecule has 2 aromatic rings. The first-order valence-electron chi connectivity index (χ1n) is 4.92. The standard InChI is InChI=1S/C10H12BrN5O/c1-16-7(3-4-13-16)10-14-6(5-17-2)8(11)9(12)15-10/h3-4H,5H2,1-2H3,(H2,12,14,15). The summed E-state index contributed by atoms with van der Waals surface area (Å²) < 4.78 is 7.43. The molecule has 7 heteroatoms. The van der Waals surface area contributed by atoms with E-state index in [9.17, 15) is 0 Å². The van der Waals surface area contributed by atoms with Crippen LogP contribution in [0.3, 0.4) is 0 Å². The van der Waals surface area contributed by atoms with E-state index in [1.54, 1.807) is 18.0 Å².